The SMILES string of the molecule is Fc1cccc(-c2cnc(Cl)cc2I)c1. The smallest absolute Gasteiger partial charge is 0.130 e. The molecule has 0 bridgehead atoms. The molecule has 1 heterocycles. The first kappa shape index (κ1) is 10.8. The standard InChI is InChI=1S/C11H6ClFIN/c12-11-5-10(14)9(6-15-11)7-2-1-3-8(13)4-7/h1-6H. The molecule has 0 N–H and O–H groups in total. The van der Waals surface area contributed by atoms with Crippen molar-refractivity contribution >= 4 is 34.2 Å². The van der Waals surface area contributed by atoms with E-state index in [2.05, 4.69) is 27.6 Å². The van der Waals surface area contributed by atoms with Crippen LogP contribution in [0.3, 0.4) is 0 Å². The summed E-state index contributed by atoms with van der Waals surface area (Å²) in [7, 11) is 0. The van der Waals surface area contributed by atoms with Crippen LogP contribution in [0.25, 0.3) is 11.1 Å². The molecule has 0 amide bonds. The molecule has 2 aromatic rings. The fourth-order valence-corrected chi connectivity index (χ4v) is 2.36. The summed E-state index contributed by atoms with van der Waals surface area (Å²) in [4.78, 5) is 3.98. The molecule has 1 aromatic heterocycles. The molecule has 76 valence electrons. The van der Waals surface area contributed by atoms with E-state index >= 15 is 0 Å². The minimum absolute atomic E-state index is 0.252. The molecule has 0 saturated carbocycles. The Morgan fingerprint density at radius 2 is 2.07 bits per heavy atom. The molecule has 0 aliphatic heterocycles. The van der Waals surface area contributed by atoms with Crippen LogP contribution in [0.2, 0.25) is 5.15 Å². The van der Waals surface area contributed by atoms with Crippen LogP contribution in [0.5, 0.6) is 0 Å². The minimum Gasteiger partial charge on any atom is -0.244 e. The maximum Gasteiger partial charge on any atom is 0.130 e. The summed E-state index contributed by atoms with van der Waals surface area (Å²) in [5.74, 6) is -0.252. The van der Waals surface area contributed by atoms with Crippen molar-refractivity contribution in [2.24, 2.45) is 0 Å². The topological polar surface area (TPSA) is 12.9 Å². The van der Waals surface area contributed by atoms with Gasteiger partial charge in [0.05, 0.1) is 0 Å². The van der Waals surface area contributed by atoms with Gasteiger partial charge in [-0.1, -0.05) is 23.7 Å². The van der Waals surface area contributed by atoms with Crippen molar-refractivity contribution in [3.8, 4) is 11.1 Å². The van der Waals surface area contributed by atoms with Crippen LogP contribution in [-0.2, 0) is 0 Å². The summed E-state index contributed by atoms with van der Waals surface area (Å²) < 4.78 is 14.0. The van der Waals surface area contributed by atoms with Gasteiger partial charge in [0.1, 0.15) is 11.0 Å². The second-order valence-corrected chi connectivity index (χ2v) is 4.55. The van der Waals surface area contributed by atoms with Gasteiger partial charge in [0.25, 0.3) is 0 Å². The van der Waals surface area contributed by atoms with Crippen LogP contribution in [0, 0.1) is 9.39 Å². The Morgan fingerprint density at radius 3 is 2.73 bits per heavy atom. The zero-order valence-corrected chi connectivity index (χ0v) is 10.5. The van der Waals surface area contributed by atoms with Crippen molar-refractivity contribution in [3.63, 3.8) is 0 Å². The minimum atomic E-state index is -0.252. The molecule has 0 saturated heterocycles. The highest BCUT2D eigenvalue weighted by atomic mass is 127. The molecule has 0 aliphatic rings. The fraction of sp³-hybridized carbons (Fsp3) is 0. The van der Waals surface area contributed by atoms with Crippen molar-refractivity contribution in [3.05, 3.63) is 51.1 Å². The van der Waals surface area contributed by atoms with Gasteiger partial charge in [-0.3, -0.25) is 0 Å². The zero-order chi connectivity index (χ0) is 10.8. The van der Waals surface area contributed by atoms with Crippen LogP contribution in [-0.4, -0.2) is 4.98 Å². The van der Waals surface area contributed by atoms with Crippen LogP contribution in [0.4, 0.5) is 4.39 Å². The van der Waals surface area contributed by atoms with Gasteiger partial charge in [-0.05, 0) is 46.4 Å². The van der Waals surface area contributed by atoms with Gasteiger partial charge in [0.15, 0.2) is 0 Å². The average molecular weight is 334 g/mol. The first-order chi connectivity index (χ1) is 7.16. The molecule has 2 rings (SSSR count). The van der Waals surface area contributed by atoms with Gasteiger partial charge < -0.3 is 0 Å². The number of pyridine rings is 1. The third-order valence-electron chi connectivity index (χ3n) is 1.96. The third kappa shape index (κ3) is 2.46. The predicted molar refractivity (Wildman–Crippen MR) is 67.4 cm³/mol. The van der Waals surface area contributed by atoms with Crippen LogP contribution in [0.15, 0.2) is 36.5 Å². The van der Waals surface area contributed by atoms with E-state index in [-0.39, 0.29) is 5.82 Å². The van der Waals surface area contributed by atoms with Gasteiger partial charge in [0.2, 0.25) is 0 Å². The van der Waals surface area contributed by atoms with E-state index in [9.17, 15) is 4.39 Å². The second-order valence-electron chi connectivity index (χ2n) is 3.00. The first-order valence-corrected chi connectivity index (χ1v) is 5.69. The summed E-state index contributed by atoms with van der Waals surface area (Å²) >= 11 is 7.90. The van der Waals surface area contributed by atoms with E-state index < -0.39 is 0 Å². The average Bonchev–Trinajstić information content (AvgIpc) is 2.17. The molecule has 0 spiro atoms. The lowest BCUT2D eigenvalue weighted by Gasteiger charge is -2.04. The maximum atomic E-state index is 13.0. The Labute approximate surface area is 105 Å². The van der Waals surface area contributed by atoms with Gasteiger partial charge >= 0.3 is 0 Å². The third-order valence-corrected chi connectivity index (χ3v) is 3.05. The second kappa shape index (κ2) is 4.45. The largest absolute Gasteiger partial charge is 0.244 e. The summed E-state index contributed by atoms with van der Waals surface area (Å²) in [6.07, 6.45) is 1.65. The van der Waals surface area contributed by atoms with Gasteiger partial charge in [-0.2, -0.15) is 0 Å². The molecule has 0 unspecified atom stereocenters. The van der Waals surface area contributed by atoms with E-state index in [1.165, 1.54) is 12.1 Å². The Kier molecular flexibility index (Phi) is 3.21. The molecule has 15 heavy (non-hydrogen) atoms. The Morgan fingerprint density at radius 1 is 1.27 bits per heavy atom. The number of aromatic nitrogens is 1. The van der Waals surface area contributed by atoms with Crippen molar-refractivity contribution in [2.45, 2.75) is 0 Å². The van der Waals surface area contributed by atoms with Gasteiger partial charge in [0, 0.05) is 15.3 Å². The fourth-order valence-electron chi connectivity index (χ4n) is 1.28. The van der Waals surface area contributed by atoms with Crippen molar-refractivity contribution < 1.29 is 4.39 Å². The summed E-state index contributed by atoms with van der Waals surface area (Å²) in [5.41, 5.74) is 1.70. The highest BCUT2D eigenvalue weighted by Crippen LogP contribution is 2.26. The number of hydrogen-bond donors (Lipinski definition) is 0. The Bertz CT molecular complexity index is 502. The Balaban J connectivity index is 2.54. The van der Waals surface area contributed by atoms with E-state index in [0.717, 1.165) is 14.7 Å². The quantitative estimate of drug-likeness (QED) is 0.564. The predicted octanol–water partition coefficient (Wildman–Crippen LogP) is 4.15. The number of benzene rings is 1. The van der Waals surface area contributed by atoms with Crippen LogP contribution in [0.1, 0.15) is 0 Å². The van der Waals surface area contributed by atoms with Crippen LogP contribution >= 0.6 is 34.2 Å². The maximum absolute atomic E-state index is 13.0. The van der Waals surface area contributed by atoms with E-state index in [4.69, 9.17) is 11.6 Å². The van der Waals surface area contributed by atoms with E-state index in [1.54, 1.807) is 18.3 Å². The molecule has 0 atom stereocenters. The molecular formula is C11H6ClFIN. The van der Waals surface area contributed by atoms with E-state index in [0.29, 0.717) is 5.15 Å². The van der Waals surface area contributed by atoms with Crippen molar-refractivity contribution in [1.29, 1.82) is 0 Å². The monoisotopic (exact) mass is 333 g/mol. The molecule has 1 aromatic carbocycles. The lowest BCUT2D eigenvalue weighted by molar-refractivity contribution is 0.628. The summed E-state index contributed by atoms with van der Waals surface area (Å²) in [6.45, 7) is 0. The highest BCUT2D eigenvalue weighted by Gasteiger charge is 2.05. The Hall–Kier alpha value is -0.680. The molecule has 4 heteroatoms. The molecular weight excluding hydrogens is 327 g/mol. The number of nitrogens with zero attached hydrogens (tertiary/aromatic N) is 1. The summed E-state index contributed by atoms with van der Waals surface area (Å²) in [6, 6.07) is 8.17. The summed E-state index contributed by atoms with van der Waals surface area (Å²) in [5, 5.41) is 0.444. The highest BCUT2D eigenvalue weighted by molar-refractivity contribution is 14.1. The molecule has 0 aliphatic carbocycles. The molecule has 0 fully saturated rings. The number of hydrogen-bond acceptors (Lipinski definition) is 1. The normalized spacial score (nSPS) is 10.3. The van der Waals surface area contributed by atoms with Crippen molar-refractivity contribution in [1.82, 2.24) is 4.98 Å². The van der Waals surface area contributed by atoms with Gasteiger partial charge in [-0.25, -0.2) is 9.37 Å². The molecule has 0 radical (unpaired) electrons. The lowest BCUT2D eigenvalue weighted by atomic mass is 10.1. The van der Waals surface area contributed by atoms with Crippen LogP contribution < -0.4 is 0 Å². The lowest BCUT2D eigenvalue weighted by Crippen LogP contribution is -1.86. The number of rotatable bonds is 1. The number of halogens is 3. The van der Waals surface area contributed by atoms with Crippen molar-refractivity contribution in [2.75, 3.05) is 0 Å². The van der Waals surface area contributed by atoms with Gasteiger partial charge in [-0.15, -0.1) is 0 Å². The first-order valence-electron chi connectivity index (χ1n) is 4.24. The molecule has 1 nitrogen and oxygen atoms in total. The van der Waals surface area contributed by atoms with E-state index in [1.807, 2.05) is 6.07 Å². The zero-order valence-electron chi connectivity index (χ0n) is 7.55.